The van der Waals surface area contributed by atoms with Gasteiger partial charge in [-0.15, -0.1) is 0 Å². The van der Waals surface area contributed by atoms with Gasteiger partial charge in [-0.2, -0.15) is 0 Å². The Balaban J connectivity index is 0.000000637. The van der Waals surface area contributed by atoms with E-state index in [0.717, 1.165) is 48.3 Å². The molecule has 0 aromatic carbocycles. The zero-order valence-corrected chi connectivity index (χ0v) is 11.7. The topological polar surface area (TPSA) is 80.9 Å². The molecule has 0 amide bonds. The fourth-order valence-corrected chi connectivity index (χ4v) is 3.00. The Kier molecular flexibility index (Phi) is 4.95. The van der Waals surface area contributed by atoms with Crippen LogP contribution in [0.3, 0.4) is 0 Å². The number of fused-ring (bicyclic) bond motifs is 1. The highest BCUT2D eigenvalue weighted by Gasteiger charge is 2.17. The van der Waals surface area contributed by atoms with Crippen molar-refractivity contribution in [3.05, 3.63) is 22.8 Å². The Morgan fingerprint density at radius 2 is 2.05 bits per heavy atom. The van der Waals surface area contributed by atoms with E-state index in [9.17, 15) is 4.79 Å². The van der Waals surface area contributed by atoms with Gasteiger partial charge < -0.3 is 11.1 Å². The second-order valence-corrected chi connectivity index (χ2v) is 5.26. The number of aldehydes is 1. The van der Waals surface area contributed by atoms with Crippen LogP contribution in [0.1, 0.15) is 34.3 Å². The monoisotopic (exact) mass is 278 g/mol. The fraction of sp³-hybridized carbons (Fsp3) is 0.462. The molecule has 0 saturated carbocycles. The molecule has 0 atom stereocenters. The zero-order valence-electron chi connectivity index (χ0n) is 10.9. The van der Waals surface area contributed by atoms with Gasteiger partial charge in [0.25, 0.3) is 0 Å². The van der Waals surface area contributed by atoms with Crippen LogP contribution in [0, 0.1) is 0 Å². The predicted molar refractivity (Wildman–Crippen MR) is 77.8 cm³/mol. The molecule has 19 heavy (non-hydrogen) atoms. The number of pyridine rings is 1. The van der Waals surface area contributed by atoms with Crippen LogP contribution in [0.2, 0.25) is 0 Å². The van der Waals surface area contributed by atoms with E-state index in [2.05, 4.69) is 21.0 Å². The number of piperidine rings is 1. The number of hydrogen-bond donors (Lipinski definition) is 2. The van der Waals surface area contributed by atoms with E-state index < -0.39 is 0 Å². The van der Waals surface area contributed by atoms with Gasteiger partial charge in [0.05, 0.1) is 0 Å². The van der Waals surface area contributed by atoms with Gasteiger partial charge in [-0.3, -0.25) is 4.79 Å². The summed E-state index contributed by atoms with van der Waals surface area (Å²) >= 11 is 1.37. The Bertz CT molecular complexity index is 549. The smallest absolute Gasteiger partial charge is 0.178 e. The van der Waals surface area contributed by atoms with Gasteiger partial charge in [0.2, 0.25) is 0 Å². The van der Waals surface area contributed by atoms with Crippen LogP contribution in [-0.2, 0) is 0 Å². The third kappa shape index (κ3) is 3.15. The van der Waals surface area contributed by atoms with E-state index in [1.54, 1.807) is 0 Å². The molecule has 0 radical (unpaired) electrons. The van der Waals surface area contributed by atoms with Crippen molar-refractivity contribution >= 4 is 28.0 Å². The maximum atomic E-state index is 10.7. The highest BCUT2D eigenvalue weighted by molar-refractivity contribution is 7.19. The molecule has 2 aromatic heterocycles. The summed E-state index contributed by atoms with van der Waals surface area (Å²) in [5.74, 6) is 0.544. The number of nitrogens with one attached hydrogen (secondary N) is 1. The van der Waals surface area contributed by atoms with Crippen molar-refractivity contribution in [2.75, 3.05) is 20.1 Å². The lowest BCUT2D eigenvalue weighted by Crippen LogP contribution is -2.26. The molecule has 1 aliphatic heterocycles. The number of nitrogens with two attached hydrogens (primary N) is 1. The highest BCUT2D eigenvalue weighted by atomic mass is 32.1. The molecule has 1 fully saturated rings. The summed E-state index contributed by atoms with van der Waals surface area (Å²) in [4.78, 5) is 20.4. The molecular weight excluding hydrogens is 260 g/mol. The van der Waals surface area contributed by atoms with Gasteiger partial charge in [0.1, 0.15) is 10.3 Å². The van der Waals surface area contributed by atoms with Crippen LogP contribution in [0.4, 0.5) is 0 Å². The molecule has 0 unspecified atom stereocenters. The fourth-order valence-electron chi connectivity index (χ4n) is 2.24. The van der Waals surface area contributed by atoms with Gasteiger partial charge in [-0.1, -0.05) is 11.3 Å². The summed E-state index contributed by atoms with van der Waals surface area (Å²) in [6.45, 7) is 2.12. The maximum absolute atomic E-state index is 10.7. The summed E-state index contributed by atoms with van der Waals surface area (Å²) in [5, 5.41) is 3.86. The SMILES string of the molecule is CN.O=Cc1nc2ccc(C3CCNCC3)nc2s1. The van der Waals surface area contributed by atoms with Crippen LogP contribution in [0.15, 0.2) is 12.1 Å². The van der Waals surface area contributed by atoms with E-state index in [-0.39, 0.29) is 0 Å². The van der Waals surface area contributed by atoms with Crippen LogP contribution in [0.25, 0.3) is 10.3 Å². The standard InChI is InChI=1S/C12H13N3OS.CH5N/c16-7-11-14-10-2-1-9(15-12(10)17-11)8-3-5-13-6-4-8;1-2/h1-2,7-8,13H,3-6H2;2H2,1H3. The first kappa shape index (κ1) is 14.0. The number of aromatic nitrogens is 2. The Hall–Kier alpha value is -1.37. The molecule has 2 aromatic rings. The van der Waals surface area contributed by atoms with E-state index in [4.69, 9.17) is 0 Å². The minimum Gasteiger partial charge on any atom is -0.333 e. The molecular formula is C13H18N4OS. The lowest BCUT2D eigenvalue weighted by Gasteiger charge is -2.21. The van der Waals surface area contributed by atoms with Gasteiger partial charge >= 0.3 is 0 Å². The molecule has 0 aliphatic carbocycles. The normalized spacial score (nSPS) is 15.9. The summed E-state index contributed by atoms with van der Waals surface area (Å²) in [5.41, 5.74) is 6.47. The van der Waals surface area contributed by atoms with Gasteiger partial charge in [0, 0.05) is 11.6 Å². The molecule has 0 spiro atoms. The summed E-state index contributed by atoms with van der Waals surface area (Å²) in [7, 11) is 1.50. The predicted octanol–water partition coefficient (Wildman–Crippen LogP) is 1.55. The van der Waals surface area contributed by atoms with E-state index >= 15 is 0 Å². The van der Waals surface area contributed by atoms with Crippen molar-refractivity contribution < 1.29 is 4.79 Å². The molecule has 5 nitrogen and oxygen atoms in total. The number of thiazole rings is 1. The van der Waals surface area contributed by atoms with Gasteiger partial charge in [0.15, 0.2) is 11.3 Å². The highest BCUT2D eigenvalue weighted by Crippen LogP contribution is 2.27. The lowest BCUT2D eigenvalue weighted by molar-refractivity contribution is 0.112. The minimum atomic E-state index is 0.509. The number of hydrogen-bond acceptors (Lipinski definition) is 6. The van der Waals surface area contributed by atoms with Crippen molar-refractivity contribution in [1.29, 1.82) is 0 Å². The molecule has 3 heterocycles. The Morgan fingerprint density at radius 3 is 2.74 bits per heavy atom. The third-order valence-corrected chi connectivity index (χ3v) is 4.04. The zero-order chi connectivity index (χ0) is 13.7. The summed E-state index contributed by atoms with van der Waals surface area (Å²) in [6, 6.07) is 4.02. The molecule has 1 saturated heterocycles. The van der Waals surface area contributed by atoms with Gasteiger partial charge in [-0.25, -0.2) is 9.97 Å². The van der Waals surface area contributed by atoms with Crippen LogP contribution >= 0.6 is 11.3 Å². The second kappa shape index (κ2) is 6.70. The average molecular weight is 278 g/mol. The maximum Gasteiger partial charge on any atom is 0.178 e. The van der Waals surface area contributed by atoms with Crippen LogP contribution < -0.4 is 11.1 Å². The van der Waals surface area contributed by atoms with Crippen molar-refractivity contribution in [3.63, 3.8) is 0 Å². The molecule has 6 heteroatoms. The van der Waals surface area contributed by atoms with E-state index in [1.165, 1.54) is 18.4 Å². The van der Waals surface area contributed by atoms with Crippen LogP contribution in [-0.4, -0.2) is 36.4 Å². The Morgan fingerprint density at radius 1 is 1.32 bits per heavy atom. The quantitative estimate of drug-likeness (QED) is 0.815. The lowest BCUT2D eigenvalue weighted by atomic mass is 9.94. The molecule has 3 N–H and O–H groups in total. The number of carbonyl (C=O) groups is 1. The first-order valence-corrected chi connectivity index (χ1v) is 7.19. The molecule has 0 bridgehead atoms. The van der Waals surface area contributed by atoms with Crippen molar-refractivity contribution in [1.82, 2.24) is 15.3 Å². The van der Waals surface area contributed by atoms with E-state index in [1.807, 2.05) is 12.1 Å². The average Bonchev–Trinajstić information content (AvgIpc) is 2.92. The molecule has 1 aliphatic rings. The van der Waals surface area contributed by atoms with Crippen LogP contribution in [0.5, 0.6) is 0 Å². The molecule has 3 rings (SSSR count). The second-order valence-electron chi connectivity index (χ2n) is 4.25. The number of rotatable bonds is 2. The first-order valence-electron chi connectivity index (χ1n) is 6.38. The summed E-state index contributed by atoms with van der Waals surface area (Å²) < 4.78 is 0. The largest absolute Gasteiger partial charge is 0.333 e. The Labute approximate surface area is 116 Å². The van der Waals surface area contributed by atoms with E-state index in [0.29, 0.717) is 10.9 Å². The van der Waals surface area contributed by atoms with Crippen molar-refractivity contribution in [2.45, 2.75) is 18.8 Å². The first-order chi connectivity index (χ1) is 9.36. The minimum absolute atomic E-state index is 0.509. The molecule has 102 valence electrons. The van der Waals surface area contributed by atoms with Crippen molar-refractivity contribution in [3.8, 4) is 0 Å². The number of nitrogens with zero attached hydrogens (tertiary/aromatic N) is 2. The van der Waals surface area contributed by atoms with Gasteiger partial charge in [-0.05, 0) is 45.1 Å². The summed E-state index contributed by atoms with van der Waals surface area (Å²) in [6.07, 6.45) is 3.06. The van der Waals surface area contributed by atoms with Crippen molar-refractivity contribution in [2.24, 2.45) is 5.73 Å². The third-order valence-electron chi connectivity index (χ3n) is 3.15. The number of carbonyl (C=O) groups excluding carboxylic acids is 1.